The first-order valence-corrected chi connectivity index (χ1v) is 5.10. The van der Waals surface area contributed by atoms with Crippen LogP contribution in [0.4, 0.5) is 0 Å². The highest BCUT2D eigenvalue weighted by atomic mass is 16.4. The topological polar surface area (TPSA) is 63.1 Å². The second-order valence-corrected chi connectivity index (χ2v) is 3.96. The number of aryl methyl sites for hydroxylation is 1. The number of hydrogen-bond donors (Lipinski definition) is 1. The van der Waals surface area contributed by atoms with Crippen LogP contribution in [0.25, 0.3) is 0 Å². The van der Waals surface area contributed by atoms with Gasteiger partial charge < -0.3 is 5.11 Å². The number of aromatic nitrogens is 2. The molecule has 1 aromatic heterocycles. The number of carbonyl (C=O) groups is 1. The van der Waals surface area contributed by atoms with Crippen molar-refractivity contribution >= 4 is 5.97 Å². The fraction of sp³-hybridized carbons (Fsp3) is 0.545. The molecule has 0 aliphatic rings. The Morgan fingerprint density at radius 2 is 2.27 bits per heavy atom. The molecule has 0 spiro atoms. The van der Waals surface area contributed by atoms with Crippen molar-refractivity contribution in [3.8, 4) is 0 Å². The molecule has 0 unspecified atom stereocenters. The Hall–Kier alpha value is -1.45. The Kier molecular flexibility index (Phi) is 4.21. The maximum atomic E-state index is 10.4. The fourth-order valence-corrected chi connectivity index (χ4v) is 1.28. The lowest BCUT2D eigenvalue weighted by atomic mass is 10.1. The zero-order valence-electron chi connectivity index (χ0n) is 9.10. The SMILES string of the molecule is CC(C)Cc1nccc(CCC(=O)O)n1. The molecular weight excluding hydrogens is 192 g/mol. The molecule has 1 N–H and O–H groups in total. The number of carboxylic acid groups (broad SMARTS) is 1. The van der Waals surface area contributed by atoms with Crippen molar-refractivity contribution in [2.24, 2.45) is 5.92 Å². The van der Waals surface area contributed by atoms with Crippen molar-refractivity contribution in [3.63, 3.8) is 0 Å². The Balaban J connectivity index is 2.61. The van der Waals surface area contributed by atoms with Crippen molar-refractivity contribution in [2.75, 3.05) is 0 Å². The standard InChI is InChI=1S/C11H16N2O2/c1-8(2)7-10-12-6-5-9(13-10)3-4-11(14)15/h5-6,8H,3-4,7H2,1-2H3,(H,14,15). The van der Waals surface area contributed by atoms with Gasteiger partial charge in [0.1, 0.15) is 5.82 Å². The molecule has 0 atom stereocenters. The van der Waals surface area contributed by atoms with E-state index >= 15 is 0 Å². The number of carboxylic acids is 1. The third-order valence-corrected chi connectivity index (χ3v) is 1.95. The van der Waals surface area contributed by atoms with Crippen molar-refractivity contribution in [2.45, 2.75) is 33.1 Å². The van der Waals surface area contributed by atoms with Gasteiger partial charge in [0.15, 0.2) is 0 Å². The van der Waals surface area contributed by atoms with Gasteiger partial charge in [0.2, 0.25) is 0 Å². The molecule has 82 valence electrons. The van der Waals surface area contributed by atoms with Crippen molar-refractivity contribution in [3.05, 3.63) is 23.8 Å². The minimum Gasteiger partial charge on any atom is -0.481 e. The van der Waals surface area contributed by atoms with Crippen LogP contribution in [-0.4, -0.2) is 21.0 Å². The van der Waals surface area contributed by atoms with Gasteiger partial charge in [-0.25, -0.2) is 9.97 Å². The number of hydrogen-bond acceptors (Lipinski definition) is 3. The zero-order valence-corrected chi connectivity index (χ0v) is 9.10. The largest absolute Gasteiger partial charge is 0.481 e. The lowest BCUT2D eigenvalue weighted by Crippen LogP contribution is -2.05. The van der Waals surface area contributed by atoms with Crippen LogP contribution in [0, 0.1) is 5.92 Å². The first-order valence-electron chi connectivity index (χ1n) is 5.10. The van der Waals surface area contributed by atoms with Gasteiger partial charge in [-0.3, -0.25) is 4.79 Å². The summed E-state index contributed by atoms with van der Waals surface area (Å²) in [4.78, 5) is 18.9. The van der Waals surface area contributed by atoms with Crippen LogP contribution in [0.5, 0.6) is 0 Å². The number of rotatable bonds is 5. The van der Waals surface area contributed by atoms with Crippen LogP contribution in [0.15, 0.2) is 12.3 Å². The second-order valence-electron chi connectivity index (χ2n) is 3.96. The highest BCUT2D eigenvalue weighted by Gasteiger charge is 2.04. The number of nitrogens with zero attached hydrogens (tertiary/aromatic N) is 2. The monoisotopic (exact) mass is 208 g/mol. The lowest BCUT2D eigenvalue weighted by molar-refractivity contribution is -0.136. The van der Waals surface area contributed by atoms with Crippen molar-refractivity contribution in [1.82, 2.24) is 9.97 Å². The summed E-state index contributed by atoms with van der Waals surface area (Å²) in [7, 11) is 0. The molecule has 4 heteroatoms. The molecule has 0 aliphatic carbocycles. The molecule has 0 bridgehead atoms. The highest BCUT2D eigenvalue weighted by Crippen LogP contribution is 2.05. The van der Waals surface area contributed by atoms with Gasteiger partial charge in [-0.15, -0.1) is 0 Å². The predicted octanol–water partition coefficient (Wildman–Crippen LogP) is 1.69. The third kappa shape index (κ3) is 4.54. The summed E-state index contributed by atoms with van der Waals surface area (Å²) in [6.45, 7) is 4.21. The van der Waals surface area contributed by atoms with E-state index in [0.29, 0.717) is 12.3 Å². The van der Waals surface area contributed by atoms with E-state index in [9.17, 15) is 4.79 Å². The Morgan fingerprint density at radius 3 is 2.87 bits per heavy atom. The average Bonchev–Trinajstić information content (AvgIpc) is 2.14. The summed E-state index contributed by atoms with van der Waals surface area (Å²) < 4.78 is 0. The first kappa shape index (κ1) is 11.6. The highest BCUT2D eigenvalue weighted by molar-refractivity contribution is 5.66. The molecule has 0 fully saturated rings. The smallest absolute Gasteiger partial charge is 0.303 e. The van der Waals surface area contributed by atoms with E-state index in [2.05, 4.69) is 23.8 Å². The second kappa shape index (κ2) is 5.44. The van der Waals surface area contributed by atoms with Gasteiger partial charge in [-0.2, -0.15) is 0 Å². The van der Waals surface area contributed by atoms with Gasteiger partial charge in [0.05, 0.1) is 6.42 Å². The maximum absolute atomic E-state index is 10.4. The summed E-state index contributed by atoms with van der Waals surface area (Å²) >= 11 is 0. The average molecular weight is 208 g/mol. The molecule has 0 aliphatic heterocycles. The van der Waals surface area contributed by atoms with E-state index in [1.807, 2.05) is 0 Å². The lowest BCUT2D eigenvalue weighted by Gasteiger charge is -2.04. The van der Waals surface area contributed by atoms with Crippen LogP contribution in [-0.2, 0) is 17.6 Å². The summed E-state index contributed by atoms with van der Waals surface area (Å²) in [5.41, 5.74) is 0.808. The van der Waals surface area contributed by atoms with Gasteiger partial charge in [0.25, 0.3) is 0 Å². The zero-order chi connectivity index (χ0) is 11.3. The van der Waals surface area contributed by atoms with Crippen LogP contribution < -0.4 is 0 Å². The van der Waals surface area contributed by atoms with E-state index < -0.39 is 5.97 Å². The van der Waals surface area contributed by atoms with Crippen LogP contribution in [0.3, 0.4) is 0 Å². The van der Waals surface area contributed by atoms with E-state index in [-0.39, 0.29) is 6.42 Å². The normalized spacial score (nSPS) is 10.6. The van der Waals surface area contributed by atoms with Crippen LogP contribution in [0.1, 0.15) is 31.8 Å². The molecule has 0 saturated heterocycles. The first-order chi connectivity index (χ1) is 7.08. The Morgan fingerprint density at radius 1 is 1.53 bits per heavy atom. The van der Waals surface area contributed by atoms with E-state index in [1.165, 1.54) is 0 Å². The Bertz CT molecular complexity index is 337. The maximum Gasteiger partial charge on any atom is 0.303 e. The molecule has 4 nitrogen and oxygen atoms in total. The molecule has 0 amide bonds. The molecule has 0 saturated carbocycles. The fourth-order valence-electron chi connectivity index (χ4n) is 1.28. The van der Waals surface area contributed by atoms with Gasteiger partial charge in [-0.1, -0.05) is 13.8 Å². The van der Waals surface area contributed by atoms with Gasteiger partial charge in [0, 0.05) is 24.7 Å². The predicted molar refractivity (Wildman–Crippen MR) is 56.5 cm³/mol. The molecule has 1 aromatic rings. The molecule has 1 heterocycles. The molecule has 1 rings (SSSR count). The molecule has 15 heavy (non-hydrogen) atoms. The van der Waals surface area contributed by atoms with Crippen molar-refractivity contribution < 1.29 is 9.90 Å². The van der Waals surface area contributed by atoms with Crippen LogP contribution >= 0.6 is 0 Å². The third-order valence-electron chi connectivity index (χ3n) is 1.95. The summed E-state index contributed by atoms with van der Waals surface area (Å²) in [6, 6.07) is 1.77. The Labute approximate surface area is 89.4 Å². The molecule has 0 aromatic carbocycles. The molecular formula is C11H16N2O2. The van der Waals surface area contributed by atoms with E-state index in [1.54, 1.807) is 12.3 Å². The summed E-state index contributed by atoms with van der Waals surface area (Å²) in [5.74, 6) is 0.520. The van der Waals surface area contributed by atoms with E-state index in [0.717, 1.165) is 17.9 Å². The summed E-state index contributed by atoms with van der Waals surface area (Å²) in [5, 5.41) is 8.55. The van der Waals surface area contributed by atoms with E-state index in [4.69, 9.17) is 5.11 Å². The number of aliphatic carboxylic acids is 1. The quantitative estimate of drug-likeness (QED) is 0.799. The summed E-state index contributed by atoms with van der Waals surface area (Å²) in [6.07, 6.45) is 3.13. The van der Waals surface area contributed by atoms with Crippen molar-refractivity contribution in [1.29, 1.82) is 0 Å². The minimum absolute atomic E-state index is 0.123. The molecule has 0 radical (unpaired) electrons. The van der Waals surface area contributed by atoms with Gasteiger partial charge >= 0.3 is 5.97 Å². The minimum atomic E-state index is -0.793. The van der Waals surface area contributed by atoms with Gasteiger partial charge in [-0.05, 0) is 12.0 Å². The van der Waals surface area contributed by atoms with Crippen LogP contribution in [0.2, 0.25) is 0 Å².